The summed E-state index contributed by atoms with van der Waals surface area (Å²) in [4.78, 5) is 24.0. The summed E-state index contributed by atoms with van der Waals surface area (Å²) in [5.74, 6) is 0. The molecular formula is C24H31N5O. The minimum Gasteiger partial charge on any atom is -0.360 e. The van der Waals surface area contributed by atoms with E-state index in [0.29, 0.717) is 6.54 Å². The average Bonchev–Trinajstić information content (AvgIpc) is 3.22. The normalized spacial score (nSPS) is 24.3. The molecule has 6 nitrogen and oxygen atoms in total. The van der Waals surface area contributed by atoms with E-state index in [-0.39, 0.29) is 11.0 Å². The van der Waals surface area contributed by atoms with E-state index in [1.165, 1.54) is 5.56 Å². The lowest BCUT2D eigenvalue weighted by Gasteiger charge is -2.50. The number of amides is 2. The zero-order valence-corrected chi connectivity index (χ0v) is 18.1. The second-order valence-electron chi connectivity index (χ2n) is 9.12. The number of rotatable bonds is 5. The van der Waals surface area contributed by atoms with Gasteiger partial charge in [0, 0.05) is 23.7 Å². The number of benzene rings is 1. The predicted octanol–water partition coefficient (Wildman–Crippen LogP) is 4.49. The van der Waals surface area contributed by atoms with Crippen molar-refractivity contribution >= 4 is 22.6 Å². The summed E-state index contributed by atoms with van der Waals surface area (Å²) in [5, 5.41) is 0.968. The molecule has 1 aliphatic carbocycles. The van der Waals surface area contributed by atoms with Crippen molar-refractivity contribution < 1.29 is 4.79 Å². The van der Waals surface area contributed by atoms with E-state index in [9.17, 15) is 4.79 Å². The van der Waals surface area contributed by atoms with Gasteiger partial charge < -0.3 is 10.7 Å². The average molecular weight is 406 g/mol. The number of anilines is 1. The first-order chi connectivity index (χ1) is 14.3. The van der Waals surface area contributed by atoms with Crippen molar-refractivity contribution in [2.75, 3.05) is 25.5 Å². The first-order valence-electron chi connectivity index (χ1n) is 10.6. The van der Waals surface area contributed by atoms with Gasteiger partial charge in [0.05, 0.1) is 23.6 Å². The van der Waals surface area contributed by atoms with Crippen molar-refractivity contribution in [1.29, 1.82) is 0 Å². The van der Waals surface area contributed by atoms with Gasteiger partial charge in [-0.2, -0.15) is 0 Å². The molecule has 0 unspecified atom stereocenters. The maximum Gasteiger partial charge on any atom is 0.319 e. The number of nitrogens with two attached hydrogens (primary N) is 1. The molecular weight excluding hydrogens is 374 g/mol. The fraction of sp³-hybridized carbons (Fsp3) is 0.417. The summed E-state index contributed by atoms with van der Waals surface area (Å²) in [5.41, 5.74) is 8.90. The Labute approximate surface area is 178 Å². The minimum atomic E-state index is -0.431. The molecule has 0 radical (unpaired) electrons. The van der Waals surface area contributed by atoms with Gasteiger partial charge in [-0.1, -0.05) is 37.3 Å². The van der Waals surface area contributed by atoms with Gasteiger partial charge in [0.1, 0.15) is 0 Å². The SMILES string of the molecule is CN(C)C1(c2ccccc2)CCC(C)(CN(C(N)=O)c2cncc3[nH]ccc23)CC1. The number of hydrogen-bond donors (Lipinski definition) is 2. The van der Waals surface area contributed by atoms with Gasteiger partial charge in [0.25, 0.3) is 0 Å². The van der Waals surface area contributed by atoms with E-state index < -0.39 is 6.03 Å². The van der Waals surface area contributed by atoms with Crippen molar-refractivity contribution in [2.45, 2.75) is 38.1 Å². The van der Waals surface area contributed by atoms with Gasteiger partial charge in [-0.3, -0.25) is 14.8 Å². The van der Waals surface area contributed by atoms with Crippen LogP contribution in [0.15, 0.2) is 55.0 Å². The number of carbonyl (C=O) groups is 1. The topological polar surface area (TPSA) is 78.2 Å². The third-order valence-electron chi connectivity index (χ3n) is 7.00. The number of hydrogen-bond acceptors (Lipinski definition) is 3. The first-order valence-corrected chi connectivity index (χ1v) is 10.6. The van der Waals surface area contributed by atoms with Gasteiger partial charge >= 0.3 is 6.03 Å². The third-order valence-corrected chi connectivity index (χ3v) is 7.00. The van der Waals surface area contributed by atoms with Crippen molar-refractivity contribution in [3.05, 3.63) is 60.6 Å². The zero-order chi connectivity index (χ0) is 21.4. The van der Waals surface area contributed by atoms with E-state index in [1.54, 1.807) is 17.3 Å². The summed E-state index contributed by atoms with van der Waals surface area (Å²) in [6, 6.07) is 12.3. The zero-order valence-electron chi connectivity index (χ0n) is 18.1. The number of fused-ring (bicyclic) bond motifs is 1. The maximum atomic E-state index is 12.4. The lowest BCUT2D eigenvalue weighted by atomic mass is 9.65. The number of H-pyrrole nitrogens is 1. The van der Waals surface area contributed by atoms with Gasteiger partial charge in [-0.15, -0.1) is 0 Å². The lowest BCUT2D eigenvalue weighted by molar-refractivity contribution is 0.0459. The Hall–Kier alpha value is -2.86. The first kappa shape index (κ1) is 20.4. The molecule has 1 saturated carbocycles. The fourth-order valence-electron chi connectivity index (χ4n) is 5.01. The van der Waals surface area contributed by atoms with E-state index in [1.807, 2.05) is 12.3 Å². The van der Waals surface area contributed by atoms with Crippen LogP contribution in [-0.4, -0.2) is 41.5 Å². The highest BCUT2D eigenvalue weighted by Crippen LogP contribution is 2.48. The van der Waals surface area contributed by atoms with Gasteiger partial charge in [0.2, 0.25) is 0 Å². The van der Waals surface area contributed by atoms with Crippen LogP contribution in [0.2, 0.25) is 0 Å². The molecule has 1 aromatic carbocycles. The van der Waals surface area contributed by atoms with E-state index in [2.05, 4.69) is 66.2 Å². The largest absolute Gasteiger partial charge is 0.360 e. The summed E-state index contributed by atoms with van der Waals surface area (Å²) in [7, 11) is 4.34. The van der Waals surface area contributed by atoms with E-state index in [0.717, 1.165) is 42.3 Å². The van der Waals surface area contributed by atoms with Gasteiger partial charge in [-0.25, -0.2) is 4.79 Å². The molecule has 2 amide bonds. The molecule has 3 aromatic rings. The standard InChI is InChI=1S/C24H31N5O/c1-23(10-12-24(13-11-23,28(2)3)18-7-5-4-6-8-18)17-29(22(25)30)21-16-26-15-20-19(21)9-14-27-20/h4-9,14-16,27H,10-13,17H2,1-3H3,(H2,25,30). The van der Waals surface area contributed by atoms with Crippen molar-refractivity contribution in [3.63, 3.8) is 0 Å². The number of aromatic amines is 1. The number of primary amides is 1. The Morgan fingerprint density at radius 3 is 2.43 bits per heavy atom. The number of nitrogens with one attached hydrogen (secondary N) is 1. The molecule has 0 aliphatic heterocycles. The molecule has 4 rings (SSSR count). The minimum absolute atomic E-state index is 0.0121. The molecule has 1 aliphatic rings. The van der Waals surface area contributed by atoms with Crippen LogP contribution in [0, 0.1) is 5.41 Å². The van der Waals surface area contributed by atoms with Crippen molar-refractivity contribution in [3.8, 4) is 0 Å². The van der Waals surface area contributed by atoms with Crippen LogP contribution in [0.3, 0.4) is 0 Å². The Balaban J connectivity index is 1.59. The van der Waals surface area contributed by atoms with E-state index >= 15 is 0 Å². The highest BCUT2D eigenvalue weighted by molar-refractivity contribution is 6.01. The highest BCUT2D eigenvalue weighted by atomic mass is 16.2. The van der Waals surface area contributed by atoms with Crippen LogP contribution in [-0.2, 0) is 5.54 Å². The molecule has 30 heavy (non-hydrogen) atoms. The Morgan fingerprint density at radius 2 is 1.80 bits per heavy atom. The van der Waals surface area contributed by atoms with Gasteiger partial charge in [0.15, 0.2) is 0 Å². The second kappa shape index (κ2) is 7.76. The maximum absolute atomic E-state index is 12.4. The van der Waals surface area contributed by atoms with Crippen LogP contribution in [0.4, 0.5) is 10.5 Å². The number of carbonyl (C=O) groups excluding carboxylic acids is 1. The summed E-state index contributed by atoms with van der Waals surface area (Å²) < 4.78 is 0. The molecule has 0 spiro atoms. The van der Waals surface area contributed by atoms with Crippen LogP contribution in [0.5, 0.6) is 0 Å². The Bertz CT molecular complexity index is 1020. The third kappa shape index (κ3) is 3.56. The number of nitrogens with zero attached hydrogens (tertiary/aromatic N) is 3. The summed E-state index contributed by atoms with van der Waals surface area (Å²) >= 11 is 0. The Kier molecular flexibility index (Phi) is 5.28. The van der Waals surface area contributed by atoms with Crippen LogP contribution in [0.25, 0.3) is 10.9 Å². The molecule has 2 aromatic heterocycles. The molecule has 3 N–H and O–H groups in total. The van der Waals surface area contributed by atoms with E-state index in [4.69, 9.17) is 5.73 Å². The predicted molar refractivity (Wildman–Crippen MR) is 121 cm³/mol. The molecule has 6 heteroatoms. The summed E-state index contributed by atoms with van der Waals surface area (Å²) in [6.45, 7) is 2.87. The lowest BCUT2D eigenvalue weighted by Crippen LogP contribution is -2.50. The second-order valence-corrected chi connectivity index (χ2v) is 9.12. The summed E-state index contributed by atoms with van der Waals surface area (Å²) in [6.07, 6.45) is 9.48. The molecule has 0 bridgehead atoms. The van der Waals surface area contributed by atoms with Gasteiger partial charge in [-0.05, 0) is 56.8 Å². The number of urea groups is 1. The van der Waals surface area contributed by atoms with Crippen LogP contribution >= 0.6 is 0 Å². The fourth-order valence-corrected chi connectivity index (χ4v) is 5.01. The molecule has 158 valence electrons. The highest BCUT2D eigenvalue weighted by Gasteiger charge is 2.44. The molecule has 2 heterocycles. The van der Waals surface area contributed by atoms with Crippen LogP contribution in [0.1, 0.15) is 38.2 Å². The number of aromatic nitrogens is 2. The van der Waals surface area contributed by atoms with Crippen molar-refractivity contribution in [1.82, 2.24) is 14.9 Å². The van der Waals surface area contributed by atoms with Crippen LogP contribution < -0.4 is 10.6 Å². The number of pyridine rings is 1. The monoisotopic (exact) mass is 405 g/mol. The molecule has 1 fully saturated rings. The molecule has 0 saturated heterocycles. The molecule has 0 atom stereocenters. The quantitative estimate of drug-likeness (QED) is 0.657. The Morgan fingerprint density at radius 1 is 1.10 bits per heavy atom. The van der Waals surface area contributed by atoms with Crippen molar-refractivity contribution in [2.24, 2.45) is 11.1 Å². The smallest absolute Gasteiger partial charge is 0.319 e.